The topological polar surface area (TPSA) is 70.5 Å². The first kappa shape index (κ1) is 16.7. The molecule has 1 aromatic rings. The van der Waals surface area contributed by atoms with Gasteiger partial charge < -0.3 is 10.0 Å². The summed E-state index contributed by atoms with van der Waals surface area (Å²) in [5, 5.41) is 11.5. The number of carboxylic acids is 1. The van der Waals surface area contributed by atoms with Crippen molar-refractivity contribution in [3.63, 3.8) is 0 Å². The van der Waals surface area contributed by atoms with Gasteiger partial charge in [0.25, 0.3) is 0 Å². The number of amides is 1. The molecule has 1 amide bonds. The minimum atomic E-state index is -4.89. The molecule has 1 saturated heterocycles. The normalized spacial score (nSPS) is 22.1. The Balaban J connectivity index is 2.08. The number of aliphatic carboxylic acids is 1. The molecule has 1 unspecified atom stereocenters. The standard InChI is InChI=1S/C13H15F3N2O3S/c1-2-9-17-8(6-22-9)5-10(19)18-4-3-12(7-18,11(20)21)13(14,15)16/h6H,2-5,7H2,1H3,(H,20,21). The zero-order valence-electron chi connectivity index (χ0n) is 11.8. The fourth-order valence-electron chi connectivity index (χ4n) is 2.41. The summed E-state index contributed by atoms with van der Waals surface area (Å²) < 4.78 is 39.1. The number of aryl methyl sites for hydroxylation is 1. The first-order valence-corrected chi connectivity index (χ1v) is 7.59. The second kappa shape index (κ2) is 5.86. The van der Waals surface area contributed by atoms with E-state index in [0.29, 0.717) is 5.69 Å². The van der Waals surface area contributed by atoms with Crippen LogP contribution in [0.1, 0.15) is 24.0 Å². The number of thiazole rings is 1. The summed E-state index contributed by atoms with van der Waals surface area (Å²) in [6, 6.07) is 0. The van der Waals surface area contributed by atoms with E-state index in [2.05, 4.69) is 4.98 Å². The molecule has 0 aliphatic carbocycles. The molecule has 1 aliphatic heterocycles. The third-order valence-electron chi connectivity index (χ3n) is 3.81. The number of carbonyl (C=O) groups excluding carboxylic acids is 1. The fourth-order valence-corrected chi connectivity index (χ4v) is 3.15. The zero-order chi connectivity index (χ0) is 16.5. The van der Waals surface area contributed by atoms with Gasteiger partial charge in [-0.25, -0.2) is 4.98 Å². The van der Waals surface area contributed by atoms with Gasteiger partial charge in [-0.1, -0.05) is 6.92 Å². The highest BCUT2D eigenvalue weighted by atomic mass is 32.1. The van der Waals surface area contributed by atoms with Gasteiger partial charge in [0.2, 0.25) is 5.91 Å². The SMILES string of the molecule is CCc1nc(CC(=O)N2CCC(C(=O)O)(C(F)(F)F)C2)cs1. The lowest BCUT2D eigenvalue weighted by molar-refractivity contribution is -0.227. The van der Waals surface area contributed by atoms with Crippen molar-refractivity contribution >= 4 is 23.2 Å². The summed E-state index contributed by atoms with van der Waals surface area (Å²) in [7, 11) is 0. The number of aromatic nitrogens is 1. The first-order valence-electron chi connectivity index (χ1n) is 6.71. The van der Waals surface area contributed by atoms with Crippen LogP contribution in [0.5, 0.6) is 0 Å². The molecule has 122 valence electrons. The van der Waals surface area contributed by atoms with Crippen LogP contribution >= 0.6 is 11.3 Å². The predicted octanol–water partition coefficient (Wildman–Crippen LogP) is 2.11. The van der Waals surface area contributed by atoms with Crippen LogP contribution in [-0.2, 0) is 22.4 Å². The average molecular weight is 336 g/mol. The molecule has 0 saturated carbocycles. The average Bonchev–Trinajstić information content (AvgIpc) is 3.04. The van der Waals surface area contributed by atoms with Gasteiger partial charge >= 0.3 is 12.1 Å². The van der Waals surface area contributed by atoms with Crippen LogP contribution in [0.3, 0.4) is 0 Å². The second-order valence-electron chi connectivity index (χ2n) is 5.21. The largest absolute Gasteiger partial charge is 0.481 e. The van der Waals surface area contributed by atoms with Gasteiger partial charge in [-0.3, -0.25) is 9.59 Å². The quantitative estimate of drug-likeness (QED) is 0.914. The Morgan fingerprint density at radius 1 is 1.50 bits per heavy atom. The lowest BCUT2D eigenvalue weighted by atomic mass is 9.86. The van der Waals surface area contributed by atoms with Crippen molar-refractivity contribution in [1.82, 2.24) is 9.88 Å². The van der Waals surface area contributed by atoms with Crippen LogP contribution in [0, 0.1) is 5.41 Å². The van der Waals surface area contributed by atoms with Crippen LogP contribution in [0.15, 0.2) is 5.38 Å². The Labute approximate surface area is 128 Å². The van der Waals surface area contributed by atoms with Gasteiger partial charge in [-0.2, -0.15) is 13.2 Å². The Morgan fingerprint density at radius 2 is 2.18 bits per heavy atom. The van der Waals surface area contributed by atoms with E-state index in [9.17, 15) is 22.8 Å². The van der Waals surface area contributed by atoms with Crippen molar-refractivity contribution in [2.75, 3.05) is 13.1 Å². The number of carboxylic acid groups (broad SMARTS) is 1. The minimum Gasteiger partial charge on any atom is -0.481 e. The van der Waals surface area contributed by atoms with Crippen molar-refractivity contribution in [2.45, 2.75) is 32.4 Å². The third kappa shape index (κ3) is 2.94. The lowest BCUT2D eigenvalue weighted by Crippen LogP contribution is -2.47. The number of likely N-dealkylation sites (tertiary alicyclic amines) is 1. The van der Waals surface area contributed by atoms with E-state index in [4.69, 9.17) is 5.11 Å². The van der Waals surface area contributed by atoms with Gasteiger partial charge in [0.05, 0.1) is 17.1 Å². The van der Waals surface area contributed by atoms with Gasteiger partial charge in [0, 0.05) is 18.5 Å². The van der Waals surface area contributed by atoms with Crippen LogP contribution in [0.2, 0.25) is 0 Å². The Kier molecular flexibility index (Phi) is 4.46. The van der Waals surface area contributed by atoms with E-state index in [-0.39, 0.29) is 13.0 Å². The monoisotopic (exact) mass is 336 g/mol. The molecule has 0 radical (unpaired) electrons. The molecule has 0 spiro atoms. The van der Waals surface area contributed by atoms with Crippen molar-refractivity contribution in [3.05, 3.63) is 16.1 Å². The number of hydrogen-bond donors (Lipinski definition) is 1. The molecule has 22 heavy (non-hydrogen) atoms. The maximum Gasteiger partial charge on any atom is 0.406 e. The maximum atomic E-state index is 13.0. The van der Waals surface area contributed by atoms with Crippen LogP contribution < -0.4 is 0 Å². The van der Waals surface area contributed by atoms with E-state index in [1.807, 2.05) is 6.92 Å². The van der Waals surface area contributed by atoms with E-state index >= 15 is 0 Å². The highest BCUT2D eigenvalue weighted by molar-refractivity contribution is 7.09. The van der Waals surface area contributed by atoms with Crippen LogP contribution in [-0.4, -0.2) is 46.1 Å². The second-order valence-corrected chi connectivity index (χ2v) is 6.16. The van der Waals surface area contributed by atoms with Gasteiger partial charge in [0.1, 0.15) is 0 Å². The molecule has 2 rings (SSSR count). The van der Waals surface area contributed by atoms with Crippen molar-refractivity contribution in [3.8, 4) is 0 Å². The zero-order valence-corrected chi connectivity index (χ0v) is 12.6. The molecule has 1 fully saturated rings. The molecular formula is C13H15F3N2O3S. The van der Waals surface area contributed by atoms with E-state index < -0.39 is 36.4 Å². The number of carbonyl (C=O) groups is 2. The number of alkyl halides is 3. The number of nitrogens with zero attached hydrogens (tertiary/aromatic N) is 2. The van der Waals surface area contributed by atoms with Crippen molar-refractivity contribution in [1.29, 1.82) is 0 Å². The summed E-state index contributed by atoms with van der Waals surface area (Å²) in [6.45, 7) is 0.861. The molecule has 9 heteroatoms. The van der Waals surface area contributed by atoms with Crippen molar-refractivity contribution < 1.29 is 27.9 Å². The maximum absolute atomic E-state index is 13.0. The van der Waals surface area contributed by atoms with Crippen LogP contribution in [0.25, 0.3) is 0 Å². The summed E-state index contributed by atoms with van der Waals surface area (Å²) >= 11 is 1.39. The summed E-state index contributed by atoms with van der Waals surface area (Å²) in [6.07, 6.45) is -4.89. The Bertz CT molecular complexity index is 587. The molecule has 0 aromatic carbocycles. The lowest BCUT2D eigenvalue weighted by Gasteiger charge is -2.27. The molecular weight excluding hydrogens is 321 g/mol. The highest BCUT2D eigenvalue weighted by Crippen LogP contribution is 2.45. The Hall–Kier alpha value is -1.64. The van der Waals surface area contributed by atoms with Gasteiger partial charge in [-0.15, -0.1) is 11.3 Å². The molecule has 1 aliphatic rings. The smallest absolute Gasteiger partial charge is 0.406 e. The van der Waals surface area contributed by atoms with E-state index in [1.165, 1.54) is 11.3 Å². The third-order valence-corrected chi connectivity index (χ3v) is 4.85. The minimum absolute atomic E-state index is 0.107. The summed E-state index contributed by atoms with van der Waals surface area (Å²) in [4.78, 5) is 28.3. The van der Waals surface area contributed by atoms with Crippen LogP contribution in [0.4, 0.5) is 13.2 Å². The molecule has 1 N–H and O–H groups in total. The summed E-state index contributed by atoms with van der Waals surface area (Å²) in [5.41, 5.74) is -2.36. The van der Waals surface area contributed by atoms with E-state index in [1.54, 1.807) is 5.38 Å². The first-order chi connectivity index (χ1) is 10.2. The van der Waals surface area contributed by atoms with Crippen molar-refractivity contribution in [2.24, 2.45) is 5.41 Å². The summed E-state index contributed by atoms with van der Waals surface area (Å²) in [5.74, 6) is -2.46. The molecule has 0 bridgehead atoms. The predicted molar refractivity (Wildman–Crippen MR) is 72.5 cm³/mol. The number of halogens is 3. The number of rotatable bonds is 4. The van der Waals surface area contributed by atoms with E-state index in [0.717, 1.165) is 16.3 Å². The molecule has 1 atom stereocenters. The fraction of sp³-hybridized carbons (Fsp3) is 0.615. The highest BCUT2D eigenvalue weighted by Gasteiger charge is 2.64. The molecule has 1 aromatic heterocycles. The molecule has 5 nitrogen and oxygen atoms in total. The van der Waals surface area contributed by atoms with Gasteiger partial charge in [-0.05, 0) is 12.8 Å². The molecule has 2 heterocycles. The number of hydrogen-bond acceptors (Lipinski definition) is 4. The van der Waals surface area contributed by atoms with Gasteiger partial charge in [0.15, 0.2) is 5.41 Å². The Morgan fingerprint density at radius 3 is 2.64 bits per heavy atom.